The van der Waals surface area contributed by atoms with Gasteiger partial charge in [0.1, 0.15) is 0 Å². The van der Waals surface area contributed by atoms with Gasteiger partial charge in [0.15, 0.2) is 0 Å². The van der Waals surface area contributed by atoms with E-state index < -0.39 is 0 Å². The van der Waals surface area contributed by atoms with E-state index in [1.165, 1.54) is 10.1 Å². The second-order valence-corrected chi connectivity index (χ2v) is 5.59. The Bertz CT molecular complexity index is 371. The van der Waals surface area contributed by atoms with Crippen molar-refractivity contribution in [2.75, 3.05) is 28.2 Å². The summed E-state index contributed by atoms with van der Waals surface area (Å²) in [5.74, 6) is 0. The minimum absolute atomic E-state index is 1.12. The Morgan fingerprint density at radius 2 is 2.00 bits per heavy atom. The molecule has 0 aliphatic carbocycles. The molecule has 0 unspecified atom stereocenters. The molecule has 15 heavy (non-hydrogen) atoms. The maximum Gasteiger partial charge on any atom is 0.312 e. The van der Waals surface area contributed by atoms with Crippen LogP contribution in [-0.4, -0.2) is 42.8 Å². The van der Waals surface area contributed by atoms with E-state index in [0.29, 0.717) is 0 Å². The average Bonchev–Trinajstić information content (AvgIpc) is 2.13. The first kappa shape index (κ1) is 12.6. The van der Waals surface area contributed by atoms with Gasteiger partial charge in [-0.1, -0.05) is 22.0 Å². The number of thioether (sulfide) groups is 1. The summed E-state index contributed by atoms with van der Waals surface area (Å²) < 4.78 is 3.23. The Morgan fingerprint density at radius 3 is 2.47 bits per heavy atom. The number of hydrogen-bond acceptors (Lipinski definition) is 1. The molecule has 0 bridgehead atoms. The summed E-state index contributed by atoms with van der Waals surface area (Å²) in [7, 11) is 8.22. The second kappa shape index (κ2) is 5.56. The van der Waals surface area contributed by atoms with E-state index >= 15 is 0 Å². The van der Waals surface area contributed by atoms with Gasteiger partial charge in [0.2, 0.25) is 0 Å². The van der Waals surface area contributed by atoms with E-state index in [4.69, 9.17) is 0 Å². The van der Waals surface area contributed by atoms with E-state index in [9.17, 15) is 0 Å². The lowest BCUT2D eigenvalue weighted by Gasteiger charge is -2.10. The zero-order valence-electron chi connectivity index (χ0n) is 9.49. The minimum atomic E-state index is 1.12. The van der Waals surface area contributed by atoms with Gasteiger partial charge in [0, 0.05) is 9.37 Å². The van der Waals surface area contributed by atoms with Gasteiger partial charge in [0.25, 0.3) is 0 Å². The van der Waals surface area contributed by atoms with Crippen LogP contribution in [0.25, 0.3) is 0 Å². The first-order valence-corrected chi connectivity index (χ1v) is 6.26. The second-order valence-electron chi connectivity index (χ2n) is 3.63. The van der Waals surface area contributed by atoms with Crippen molar-refractivity contribution in [3.05, 3.63) is 28.7 Å². The molecule has 1 aromatic carbocycles. The lowest BCUT2D eigenvalue weighted by Crippen LogP contribution is -2.26. The molecule has 4 heteroatoms. The first-order valence-electron chi connectivity index (χ1n) is 4.65. The molecule has 0 aliphatic rings. The lowest BCUT2D eigenvalue weighted by atomic mass is 10.4. The summed E-state index contributed by atoms with van der Waals surface area (Å²) in [6.07, 6.45) is 0. The highest BCUT2D eigenvalue weighted by Crippen LogP contribution is 2.23. The van der Waals surface area contributed by atoms with E-state index in [2.05, 4.69) is 71.8 Å². The summed E-state index contributed by atoms with van der Waals surface area (Å²) in [5, 5.41) is 1.22. The third kappa shape index (κ3) is 3.87. The standard InChI is InChI=1S/C11H16BrN2S/c1-13(2)11(14(3)4)15-10-7-5-6-9(12)8-10/h5-8H,1-4H3/q+1. The summed E-state index contributed by atoms with van der Waals surface area (Å²) in [4.78, 5) is 3.35. The Labute approximate surface area is 104 Å². The lowest BCUT2D eigenvalue weighted by molar-refractivity contribution is -0.466. The normalized spacial score (nSPS) is 9.93. The van der Waals surface area contributed by atoms with Crippen LogP contribution < -0.4 is 0 Å². The van der Waals surface area contributed by atoms with Gasteiger partial charge < -0.3 is 0 Å². The predicted octanol–water partition coefficient (Wildman–Crippen LogP) is 2.73. The Hall–Kier alpha value is -0.480. The van der Waals surface area contributed by atoms with Gasteiger partial charge in [0.05, 0.1) is 28.2 Å². The van der Waals surface area contributed by atoms with Crippen LogP contribution in [0, 0.1) is 0 Å². The summed E-state index contributed by atoms with van der Waals surface area (Å²) in [5.41, 5.74) is 0. The number of rotatable bonds is 1. The monoisotopic (exact) mass is 287 g/mol. The van der Waals surface area contributed by atoms with Crippen molar-refractivity contribution in [2.24, 2.45) is 0 Å². The maximum absolute atomic E-state index is 3.48. The van der Waals surface area contributed by atoms with Crippen LogP contribution in [0.2, 0.25) is 0 Å². The van der Waals surface area contributed by atoms with Crippen LogP contribution >= 0.6 is 27.7 Å². The van der Waals surface area contributed by atoms with Gasteiger partial charge in [-0.25, -0.2) is 0 Å². The molecule has 0 saturated heterocycles. The van der Waals surface area contributed by atoms with Crippen molar-refractivity contribution < 1.29 is 4.58 Å². The Balaban J connectivity index is 2.89. The smallest absolute Gasteiger partial charge is 0.261 e. The molecule has 0 fully saturated rings. The Kier molecular flexibility index (Phi) is 4.67. The fourth-order valence-corrected chi connectivity index (χ4v) is 2.68. The van der Waals surface area contributed by atoms with E-state index in [1.807, 2.05) is 6.07 Å². The van der Waals surface area contributed by atoms with Crippen LogP contribution in [0.1, 0.15) is 0 Å². The van der Waals surface area contributed by atoms with Crippen LogP contribution in [-0.2, 0) is 0 Å². The van der Waals surface area contributed by atoms with E-state index in [0.717, 1.165) is 4.47 Å². The molecule has 0 amide bonds. The zero-order chi connectivity index (χ0) is 11.4. The largest absolute Gasteiger partial charge is 0.312 e. The van der Waals surface area contributed by atoms with Crippen molar-refractivity contribution in [2.45, 2.75) is 4.90 Å². The van der Waals surface area contributed by atoms with Crippen LogP contribution in [0.5, 0.6) is 0 Å². The molecule has 0 aromatic heterocycles. The summed E-state index contributed by atoms with van der Waals surface area (Å²) in [6, 6.07) is 8.32. The number of benzene rings is 1. The summed E-state index contributed by atoms with van der Waals surface area (Å²) >= 11 is 5.23. The van der Waals surface area contributed by atoms with Gasteiger partial charge in [-0.3, -0.25) is 9.48 Å². The number of hydrogen-bond donors (Lipinski definition) is 0. The molecule has 0 saturated carbocycles. The topological polar surface area (TPSA) is 6.25 Å². The van der Waals surface area contributed by atoms with Crippen molar-refractivity contribution in [3.63, 3.8) is 0 Å². The Morgan fingerprint density at radius 1 is 1.33 bits per heavy atom. The third-order valence-corrected chi connectivity index (χ3v) is 3.67. The third-order valence-electron chi connectivity index (χ3n) is 1.77. The van der Waals surface area contributed by atoms with Crippen LogP contribution in [0.3, 0.4) is 0 Å². The maximum atomic E-state index is 3.48. The average molecular weight is 288 g/mol. The molecule has 0 radical (unpaired) electrons. The molecule has 1 rings (SSSR count). The molecular weight excluding hydrogens is 272 g/mol. The molecule has 1 aromatic rings. The van der Waals surface area contributed by atoms with Crippen LogP contribution in [0.4, 0.5) is 0 Å². The fraction of sp³-hybridized carbons (Fsp3) is 0.364. The van der Waals surface area contributed by atoms with E-state index in [1.54, 1.807) is 11.8 Å². The SMILES string of the molecule is CN(C)C(Sc1cccc(Br)c1)=[N+](C)C. The van der Waals surface area contributed by atoms with Gasteiger partial charge >= 0.3 is 5.17 Å². The fourth-order valence-electron chi connectivity index (χ4n) is 1.22. The molecule has 0 spiro atoms. The first-order chi connectivity index (χ1) is 7.00. The van der Waals surface area contributed by atoms with E-state index in [-0.39, 0.29) is 0 Å². The van der Waals surface area contributed by atoms with Crippen LogP contribution in [0.15, 0.2) is 33.6 Å². The number of halogens is 1. The van der Waals surface area contributed by atoms with Crippen molar-refractivity contribution in [1.29, 1.82) is 0 Å². The molecule has 0 heterocycles. The molecule has 82 valence electrons. The summed E-state index contributed by atoms with van der Waals surface area (Å²) in [6.45, 7) is 0. The van der Waals surface area contributed by atoms with Gasteiger partial charge in [-0.15, -0.1) is 0 Å². The zero-order valence-corrected chi connectivity index (χ0v) is 11.9. The highest BCUT2D eigenvalue weighted by atomic mass is 79.9. The van der Waals surface area contributed by atoms with Gasteiger partial charge in [-0.05, 0) is 30.0 Å². The number of nitrogens with zero attached hydrogens (tertiary/aromatic N) is 2. The molecular formula is C11H16BrN2S+. The molecule has 0 N–H and O–H groups in total. The molecule has 0 atom stereocenters. The number of amidine groups is 1. The van der Waals surface area contributed by atoms with Crippen molar-refractivity contribution in [1.82, 2.24) is 4.90 Å². The van der Waals surface area contributed by atoms with Crippen molar-refractivity contribution >= 4 is 32.9 Å². The minimum Gasteiger partial charge on any atom is -0.261 e. The predicted molar refractivity (Wildman–Crippen MR) is 70.8 cm³/mol. The quantitative estimate of drug-likeness (QED) is 0.339. The highest BCUT2D eigenvalue weighted by molar-refractivity contribution is 9.10. The molecule has 0 aliphatic heterocycles. The van der Waals surface area contributed by atoms with Crippen molar-refractivity contribution in [3.8, 4) is 0 Å². The molecule has 2 nitrogen and oxygen atoms in total. The highest BCUT2D eigenvalue weighted by Gasteiger charge is 2.13. The van der Waals surface area contributed by atoms with Gasteiger partial charge in [-0.2, -0.15) is 0 Å².